The fourth-order valence-electron chi connectivity index (χ4n) is 1.35. The van der Waals surface area contributed by atoms with Gasteiger partial charge in [-0.15, -0.1) is 0 Å². The summed E-state index contributed by atoms with van der Waals surface area (Å²) in [6.07, 6.45) is 2.36. The molecule has 0 unspecified atom stereocenters. The molecule has 0 radical (unpaired) electrons. The minimum atomic E-state index is 0.106. The molecule has 0 rings (SSSR count). The molecule has 0 fully saturated rings. The Morgan fingerprint density at radius 1 is 1.13 bits per heavy atom. The minimum Gasteiger partial charge on any atom is -0.355 e. The second kappa shape index (κ2) is 8.72. The number of rotatable bonds is 8. The molecule has 15 heavy (non-hydrogen) atoms. The van der Waals surface area contributed by atoms with E-state index in [4.69, 9.17) is 0 Å². The molecule has 1 amide bonds. The smallest absolute Gasteiger partial charge is 0.233 e. The van der Waals surface area contributed by atoms with E-state index >= 15 is 0 Å². The Bertz CT molecular complexity index is 165. The summed E-state index contributed by atoms with van der Waals surface area (Å²) in [5.74, 6) is 1.32. The molecule has 0 heterocycles. The lowest BCUT2D eigenvalue weighted by molar-refractivity contribution is -0.120. The summed E-state index contributed by atoms with van der Waals surface area (Å²) in [6.45, 7) is 10.7. The van der Waals surface area contributed by atoms with Gasteiger partial charge in [0.15, 0.2) is 0 Å². The molecule has 0 saturated carbocycles. The summed E-state index contributed by atoms with van der Waals surface area (Å²) < 4.78 is 0. The highest BCUT2D eigenvalue weighted by atomic mass is 16.1. The number of carbonyl (C=O) groups is 1. The van der Waals surface area contributed by atoms with Crippen molar-refractivity contribution in [3.8, 4) is 0 Å². The fourth-order valence-corrected chi connectivity index (χ4v) is 1.35. The molecule has 0 aliphatic rings. The molecule has 90 valence electrons. The average molecular weight is 214 g/mol. The highest BCUT2D eigenvalue weighted by Crippen LogP contribution is 2.04. The minimum absolute atomic E-state index is 0.106. The van der Waals surface area contributed by atoms with Crippen molar-refractivity contribution in [3.05, 3.63) is 0 Å². The van der Waals surface area contributed by atoms with Gasteiger partial charge in [0.2, 0.25) is 5.91 Å². The third-order valence-electron chi connectivity index (χ3n) is 2.58. The Labute approximate surface area is 94.0 Å². The van der Waals surface area contributed by atoms with Gasteiger partial charge in [-0.1, -0.05) is 40.5 Å². The van der Waals surface area contributed by atoms with E-state index in [0.717, 1.165) is 13.1 Å². The van der Waals surface area contributed by atoms with Crippen LogP contribution < -0.4 is 10.6 Å². The predicted octanol–water partition coefficient (Wildman–Crippen LogP) is 1.78. The summed E-state index contributed by atoms with van der Waals surface area (Å²) in [5, 5.41) is 6.09. The van der Waals surface area contributed by atoms with Gasteiger partial charge in [0.25, 0.3) is 0 Å². The van der Waals surface area contributed by atoms with E-state index in [1.807, 2.05) is 0 Å². The first kappa shape index (κ1) is 14.4. The second-order valence-corrected chi connectivity index (χ2v) is 4.51. The molecule has 0 aromatic carbocycles. The summed E-state index contributed by atoms with van der Waals surface area (Å²) in [6, 6.07) is 0. The predicted molar refractivity (Wildman–Crippen MR) is 64.8 cm³/mol. The van der Waals surface area contributed by atoms with Crippen LogP contribution in [-0.4, -0.2) is 25.5 Å². The van der Waals surface area contributed by atoms with Gasteiger partial charge < -0.3 is 10.6 Å². The van der Waals surface area contributed by atoms with Crippen molar-refractivity contribution in [1.29, 1.82) is 0 Å². The number of hydrogen-bond acceptors (Lipinski definition) is 2. The molecule has 0 atom stereocenters. The Balaban J connectivity index is 3.46. The number of nitrogens with one attached hydrogen (secondary N) is 2. The molecule has 2 N–H and O–H groups in total. The molecule has 0 aromatic heterocycles. The summed E-state index contributed by atoms with van der Waals surface area (Å²) >= 11 is 0. The third kappa shape index (κ3) is 8.43. The van der Waals surface area contributed by atoms with Crippen LogP contribution in [0.2, 0.25) is 0 Å². The lowest BCUT2D eigenvalue weighted by atomic mass is 10.0. The van der Waals surface area contributed by atoms with Crippen molar-refractivity contribution in [3.63, 3.8) is 0 Å². The van der Waals surface area contributed by atoms with Gasteiger partial charge in [-0.2, -0.15) is 0 Å². The monoisotopic (exact) mass is 214 g/mol. The van der Waals surface area contributed by atoms with Crippen LogP contribution in [0.25, 0.3) is 0 Å². The van der Waals surface area contributed by atoms with Crippen molar-refractivity contribution in [1.82, 2.24) is 10.6 Å². The average Bonchev–Trinajstić information content (AvgIpc) is 2.21. The maximum atomic E-state index is 11.3. The maximum absolute atomic E-state index is 11.3. The highest BCUT2D eigenvalue weighted by molar-refractivity contribution is 5.77. The molecule has 0 spiro atoms. The van der Waals surface area contributed by atoms with Gasteiger partial charge >= 0.3 is 0 Å². The van der Waals surface area contributed by atoms with Crippen molar-refractivity contribution in [2.24, 2.45) is 11.8 Å². The topological polar surface area (TPSA) is 41.1 Å². The fraction of sp³-hybridized carbons (Fsp3) is 0.917. The molecule has 0 aliphatic carbocycles. The quantitative estimate of drug-likeness (QED) is 0.647. The Hall–Kier alpha value is -0.570. The second-order valence-electron chi connectivity index (χ2n) is 4.51. The largest absolute Gasteiger partial charge is 0.355 e. The van der Waals surface area contributed by atoms with Crippen LogP contribution in [0.3, 0.4) is 0 Å². The van der Waals surface area contributed by atoms with Gasteiger partial charge in [0.1, 0.15) is 0 Å². The standard InChI is InChI=1S/C12H26N2O/c1-5-11(6-2)8-13-9-12(15)14-7-10(3)4/h10-11,13H,5-9H2,1-4H3,(H,14,15). The normalized spacial score (nSPS) is 11.1. The van der Waals surface area contributed by atoms with Crippen LogP contribution >= 0.6 is 0 Å². The molecular formula is C12H26N2O. The van der Waals surface area contributed by atoms with E-state index in [9.17, 15) is 4.79 Å². The highest BCUT2D eigenvalue weighted by Gasteiger charge is 2.05. The third-order valence-corrected chi connectivity index (χ3v) is 2.58. The molecule has 0 saturated heterocycles. The maximum Gasteiger partial charge on any atom is 0.233 e. The summed E-state index contributed by atoms with van der Waals surface area (Å²) in [7, 11) is 0. The van der Waals surface area contributed by atoms with E-state index in [1.54, 1.807) is 0 Å². The SMILES string of the molecule is CCC(CC)CNCC(=O)NCC(C)C. The van der Waals surface area contributed by atoms with E-state index in [-0.39, 0.29) is 5.91 Å². The lowest BCUT2D eigenvalue weighted by Crippen LogP contribution is -2.37. The van der Waals surface area contributed by atoms with Crippen molar-refractivity contribution < 1.29 is 4.79 Å². The molecule has 0 aliphatic heterocycles. The van der Waals surface area contributed by atoms with Crippen LogP contribution in [0.15, 0.2) is 0 Å². The van der Waals surface area contributed by atoms with Crippen LogP contribution in [0.5, 0.6) is 0 Å². The van der Waals surface area contributed by atoms with E-state index < -0.39 is 0 Å². The zero-order valence-electron chi connectivity index (χ0n) is 10.6. The first-order chi connectivity index (χ1) is 7.10. The van der Waals surface area contributed by atoms with E-state index in [2.05, 4.69) is 38.3 Å². The Morgan fingerprint density at radius 3 is 2.20 bits per heavy atom. The van der Waals surface area contributed by atoms with Crippen molar-refractivity contribution in [2.45, 2.75) is 40.5 Å². The molecular weight excluding hydrogens is 188 g/mol. The van der Waals surface area contributed by atoms with Gasteiger partial charge in [-0.25, -0.2) is 0 Å². The van der Waals surface area contributed by atoms with Crippen LogP contribution in [0.1, 0.15) is 40.5 Å². The molecule has 0 bridgehead atoms. The summed E-state index contributed by atoms with van der Waals surface area (Å²) in [5.41, 5.74) is 0. The van der Waals surface area contributed by atoms with Gasteiger partial charge in [0.05, 0.1) is 6.54 Å². The Morgan fingerprint density at radius 2 is 1.73 bits per heavy atom. The lowest BCUT2D eigenvalue weighted by Gasteiger charge is -2.13. The molecule has 0 aromatic rings. The zero-order chi connectivity index (χ0) is 11.7. The number of hydrogen-bond donors (Lipinski definition) is 2. The zero-order valence-corrected chi connectivity index (χ0v) is 10.6. The molecule has 3 heteroatoms. The summed E-state index contributed by atoms with van der Waals surface area (Å²) in [4.78, 5) is 11.3. The molecule has 3 nitrogen and oxygen atoms in total. The Kier molecular flexibility index (Phi) is 8.38. The van der Waals surface area contributed by atoms with Crippen molar-refractivity contribution >= 4 is 5.91 Å². The van der Waals surface area contributed by atoms with Crippen LogP contribution in [0.4, 0.5) is 0 Å². The van der Waals surface area contributed by atoms with Gasteiger partial charge in [-0.3, -0.25) is 4.79 Å². The van der Waals surface area contributed by atoms with Crippen LogP contribution in [0, 0.1) is 11.8 Å². The van der Waals surface area contributed by atoms with Crippen molar-refractivity contribution in [2.75, 3.05) is 19.6 Å². The first-order valence-electron chi connectivity index (χ1n) is 6.07. The van der Waals surface area contributed by atoms with E-state index in [0.29, 0.717) is 18.4 Å². The number of carbonyl (C=O) groups excluding carboxylic acids is 1. The van der Waals surface area contributed by atoms with Crippen LogP contribution in [-0.2, 0) is 4.79 Å². The number of amides is 1. The van der Waals surface area contributed by atoms with Gasteiger partial charge in [0, 0.05) is 6.54 Å². The first-order valence-corrected chi connectivity index (χ1v) is 6.07. The van der Waals surface area contributed by atoms with Gasteiger partial charge in [-0.05, 0) is 18.4 Å². The van der Waals surface area contributed by atoms with E-state index in [1.165, 1.54) is 12.8 Å².